The Bertz CT molecular complexity index is 579. The van der Waals surface area contributed by atoms with E-state index in [-0.39, 0.29) is 17.6 Å². The van der Waals surface area contributed by atoms with Crippen molar-refractivity contribution >= 4 is 17.4 Å². The monoisotopic (exact) mass is 319 g/mol. The summed E-state index contributed by atoms with van der Waals surface area (Å²) in [5.41, 5.74) is -0.00208. The number of carbonyl (C=O) groups is 1. The summed E-state index contributed by atoms with van der Waals surface area (Å²) in [4.78, 5) is 30.7. The van der Waals surface area contributed by atoms with Gasteiger partial charge in [-0.05, 0) is 25.8 Å². The first-order chi connectivity index (χ1) is 11.0. The molecule has 0 spiro atoms. The van der Waals surface area contributed by atoms with Crippen LogP contribution in [0.3, 0.4) is 0 Å². The van der Waals surface area contributed by atoms with E-state index in [0.29, 0.717) is 6.04 Å². The van der Waals surface area contributed by atoms with Crippen LogP contribution in [0.4, 0.5) is 11.5 Å². The maximum Gasteiger partial charge on any atom is 0.287 e. The van der Waals surface area contributed by atoms with Crippen molar-refractivity contribution in [3.63, 3.8) is 0 Å². The highest BCUT2D eigenvalue weighted by atomic mass is 16.6. The van der Waals surface area contributed by atoms with E-state index >= 15 is 0 Å². The van der Waals surface area contributed by atoms with Crippen LogP contribution < -0.4 is 10.2 Å². The number of nitrogens with one attached hydrogen (secondary N) is 1. The van der Waals surface area contributed by atoms with Crippen LogP contribution in [0.25, 0.3) is 0 Å². The van der Waals surface area contributed by atoms with Crippen molar-refractivity contribution in [1.82, 2.24) is 15.2 Å². The van der Waals surface area contributed by atoms with E-state index in [0.717, 1.165) is 44.8 Å². The molecule has 0 unspecified atom stereocenters. The SMILES string of the molecule is C[C@H](C(=O)NC1CC1)N1CCN(c2ccc([N+](=O)[O-])cn2)CC1. The van der Waals surface area contributed by atoms with E-state index in [2.05, 4.69) is 20.1 Å². The van der Waals surface area contributed by atoms with Crippen LogP contribution in [0, 0.1) is 10.1 Å². The molecule has 1 aliphatic carbocycles. The molecule has 23 heavy (non-hydrogen) atoms. The van der Waals surface area contributed by atoms with Gasteiger partial charge < -0.3 is 10.2 Å². The molecule has 1 atom stereocenters. The molecule has 1 saturated heterocycles. The average molecular weight is 319 g/mol. The molecular weight excluding hydrogens is 298 g/mol. The summed E-state index contributed by atoms with van der Waals surface area (Å²) in [5, 5.41) is 13.7. The minimum absolute atomic E-state index is 0.00208. The predicted molar refractivity (Wildman–Crippen MR) is 85.3 cm³/mol. The first kappa shape index (κ1) is 15.7. The normalized spacial score (nSPS) is 20.1. The van der Waals surface area contributed by atoms with Gasteiger partial charge in [-0.1, -0.05) is 0 Å². The Morgan fingerprint density at radius 1 is 1.35 bits per heavy atom. The Balaban J connectivity index is 1.53. The standard InChI is InChI=1S/C15H21N5O3/c1-11(15(21)17-12-2-3-12)18-6-8-19(9-7-18)14-5-4-13(10-16-14)20(22)23/h4-5,10-12H,2-3,6-9H2,1H3,(H,17,21)/t11-/m1/s1. The first-order valence-electron chi connectivity index (χ1n) is 7.94. The summed E-state index contributed by atoms with van der Waals surface area (Å²) in [6, 6.07) is 3.41. The summed E-state index contributed by atoms with van der Waals surface area (Å²) in [6.07, 6.45) is 3.48. The highest BCUT2D eigenvalue weighted by Gasteiger charge is 2.30. The highest BCUT2D eigenvalue weighted by molar-refractivity contribution is 5.81. The van der Waals surface area contributed by atoms with Gasteiger partial charge in [0.25, 0.3) is 5.69 Å². The van der Waals surface area contributed by atoms with Crippen LogP contribution in [-0.4, -0.2) is 59.0 Å². The van der Waals surface area contributed by atoms with E-state index in [4.69, 9.17) is 0 Å². The number of carbonyl (C=O) groups excluding carboxylic acids is 1. The van der Waals surface area contributed by atoms with Crippen molar-refractivity contribution in [1.29, 1.82) is 0 Å². The smallest absolute Gasteiger partial charge is 0.287 e. The van der Waals surface area contributed by atoms with Crippen LogP contribution in [0.2, 0.25) is 0 Å². The molecule has 3 rings (SSSR count). The second kappa shape index (κ2) is 6.49. The molecule has 8 heteroatoms. The van der Waals surface area contributed by atoms with E-state index < -0.39 is 4.92 Å². The number of anilines is 1. The van der Waals surface area contributed by atoms with Gasteiger partial charge in [-0.3, -0.25) is 19.8 Å². The quantitative estimate of drug-likeness (QED) is 0.637. The van der Waals surface area contributed by atoms with Crippen LogP contribution >= 0.6 is 0 Å². The summed E-state index contributed by atoms with van der Waals surface area (Å²) in [5.74, 6) is 0.847. The Labute approximate surface area is 134 Å². The molecular formula is C15H21N5O3. The molecule has 2 heterocycles. The molecule has 1 aliphatic heterocycles. The van der Waals surface area contributed by atoms with Crippen molar-refractivity contribution in [2.24, 2.45) is 0 Å². The molecule has 0 radical (unpaired) electrons. The van der Waals surface area contributed by atoms with Gasteiger partial charge >= 0.3 is 0 Å². The number of amides is 1. The molecule has 2 fully saturated rings. The lowest BCUT2D eigenvalue weighted by Crippen LogP contribution is -2.54. The van der Waals surface area contributed by atoms with Crippen molar-refractivity contribution in [3.8, 4) is 0 Å². The van der Waals surface area contributed by atoms with Gasteiger partial charge in [-0.25, -0.2) is 4.98 Å². The fourth-order valence-corrected chi connectivity index (χ4v) is 2.73. The molecule has 8 nitrogen and oxygen atoms in total. The number of nitrogens with zero attached hydrogens (tertiary/aromatic N) is 4. The van der Waals surface area contributed by atoms with Gasteiger partial charge in [-0.15, -0.1) is 0 Å². The van der Waals surface area contributed by atoms with Gasteiger partial charge in [0.1, 0.15) is 12.0 Å². The first-order valence-corrected chi connectivity index (χ1v) is 7.94. The molecule has 1 amide bonds. The average Bonchev–Trinajstić information content (AvgIpc) is 3.38. The maximum atomic E-state index is 12.1. The van der Waals surface area contributed by atoms with Crippen LogP contribution in [0.1, 0.15) is 19.8 Å². The van der Waals surface area contributed by atoms with Crippen LogP contribution in [0.5, 0.6) is 0 Å². The molecule has 0 bridgehead atoms. The summed E-state index contributed by atoms with van der Waals surface area (Å²) in [6.45, 7) is 5.01. The molecule has 1 aromatic rings. The van der Waals surface area contributed by atoms with Gasteiger partial charge in [0.15, 0.2) is 0 Å². The summed E-state index contributed by atoms with van der Waals surface area (Å²) < 4.78 is 0. The number of piperazine rings is 1. The van der Waals surface area contributed by atoms with Crippen molar-refractivity contribution in [3.05, 3.63) is 28.4 Å². The van der Waals surface area contributed by atoms with Crippen LogP contribution in [0.15, 0.2) is 18.3 Å². The van der Waals surface area contributed by atoms with Crippen molar-refractivity contribution < 1.29 is 9.72 Å². The third-order valence-electron chi connectivity index (χ3n) is 4.43. The molecule has 124 valence electrons. The largest absolute Gasteiger partial charge is 0.354 e. The van der Waals surface area contributed by atoms with Crippen molar-refractivity contribution in [2.45, 2.75) is 31.8 Å². The van der Waals surface area contributed by atoms with Crippen LogP contribution in [-0.2, 0) is 4.79 Å². The van der Waals surface area contributed by atoms with Gasteiger partial charge in [0.05, 0.1) is 11.0 Å². The zero-order valence-corrected chi connectivity index (χ0v) is 13.1. The van der Waals surface area contributed by atoms with E-state index in [1.807, 2.05) is 6.92 Å². The second-order valence-electron chi connectivity index (χ2n) is 6.11. The Hall–Kier alpha value is -2.22. The zero-order valence-electron chi connectivity index (χ0n) is 13.1. The Morgan fingerprint density at radius 3 is 2.57 bits per heavy atom. The summed E-state index contributed by atoms with van der Waals surface area (Å²) in [7, 11) is 0. The van der Waals surface area contributed by atoms with Gasteiger partial charge in [-0.2, -0.15) is 0 Å². The number of hydrogen-bond donors (Lipinski definition) is 1. The van der Waals surface area contributed by atoms with E-state index in [1.54, 1.807) is 6.07 Å². The topological polar surface area (TPSA) is 91.6 Å². The number of nitro groups is 1. The lowest BCUT2D eigenvalue weighted by Gasteiger charge is -2.37. The van der Waals surface area contributed by atoms with Gasteiger partial charge in [0, 0.05) is 38.3 Å². The van der Waals surface area contributed by atoms with Crippen molar-refractivity contribution in [2.75, 3.05) is 31.1 Å². The molecule has 0 aromatic carbocycles. The zero-order chi connectivity index (χ0) is 16.4. The minimum Gasteiger partial charge on any atom is -0.354 e. The molecule has 1 N–H and O–H groups in total. The van der Waals surface area contributed by atoms with E-state index in [1.165, 1.54) is 12.3 Å². The minimum atomic E-state index is -0.450. The molecule has 1 aromatic heterocycles. The number of rotatable bonds is 5. The maximum absolute atomic E-state index is 12.1. The number of pyridine rings is 1. The third-order valence-corrected chi connectivity index (χ3v) is 4.43. The Morgan fingerprint density at radius 2 is 2.04 bits per heavy atom. The lowest BCUT2D eigenvalue weighted by molar-refractivity contribution is -0.385. The van der Waals surface area contributed by atoms with Gasteiger partial charge in [0.2, 0.25) is 5.91 Å². The predicted octanol–water partition coefficient (Wildman–Crippen LogP) is 0.779. The summed E-state index contributed by atoms with van der Waals surface area (Å²) >= 11 is 0. The fourth-order valence-electron chi connectivity index (χ4n) is 2.73. The highest BCUT2D eigenvalue weighted by Crippen LogP contribution is 2.20. The van der Waals surface area contributed by atoms with E-state index in [9.17, 15) is 14.9 Å². The Kier molecular flexibility index (Phi) is 4.42. The number of hydrogen-bond acceptors (Lipinski definition) is 6. The fraction of sp³-hybridized carbons (Fsp3) is 0.600. The molecule has 1 saturated carbocycles. The lowest BCUT2D eigenvalue weighted by atomic mass is 10.2. The molecule has 2 aliphatic rings. The second-order valence-corrected chi connectivity index (χ2v) is 6.11. The number of aromatic nitrogens is 1. The third kappa shape index (κ3) is 3.76.